The first-order valence-corrected chi connectivity index (χ1v) is 8.72. The van der Waals surface area contributed by atoms with Crippen LogP contribution in [0, 0.1) is 0 Å². The Balaban J connectivity index is 1.72. The maximum Gasteiger partial charge on any atom is 0.335 e. The molecule has 0 aromatic heterocycles. The van der Waals surface area contributed by atoms with Gasteiger partial charge >= 0.3 is 11.9 Å². The smallest absolute Gasteiger partial charge is 0.335 e. The van der Waals surface area contributed by atoms with Crippen molar-refractivity contribution < 1.29 is 23.8 Å². The van der Waals surface area contributed by atoms with E-state index in [0.29, 0.717) is 11.5 Å². The highest BCUT2D eigenvalue weighted by atomic mass is 16.5. The van der Waals surface area contributed by atoms with Crippen molar-refractivity contribution in [1.29, 1.82) is 0 Å². The minimum Gasteiger partial charge on any atom is -0.462 e. The standard InChI is InChI=1S/C24H18O5/c1-3-23(25)28-14-13-27-21-10-7-17(8-11-21)18-5-6-20-16-22(29-24(26)4-2)12-9-19(20)15-18/h3-16H,1-2H2. The summed E-state index contributed by atoms with van der Waals surface area (Å²) in [4.78, 5) is 22.3. The molecule has 0 heterocycles. The van der Waals surface area contributed by atoms with Gasteiger partial charge in [-0.15, -0.1) is 0 Å². The van der Waals surface area contributed by atoms with Gasteiger partial charge < -0.3 is 14.2 Å². The van der Waals surface area contributed by atoms with Crippen LogP contribution in [0.1, 0.15) is 0 Å². The molecule has 3 rings (SSSR count). The van der Waals surface area contributed by atoms with Crippen LogP contribution in [0.5, 0.6) is 11.5 Å². The third-order valence-electron chi connectivity index (χ3n) is 4.00. The lowest BCUT2D eigenvalue weighted by Gasteiger charge is -2.07. The minimum absolute atomic E-state index is 0.475. The maximum atomic E-state index is 11.3. The van der Waals surface area contributed by atoms with Gasteiger partial charge in [-0.25, -0.2) is 9.59 Å². The molecule has 29 heavy (non-hydrogen) atoms. The Hall–Kier alpha value is -4.12. The van der Waals surface area contributed by atoms with Gasteiger partial charge in [-0.1, -0.05) is 43.5 Å². The highest BCUT2D eigenvalue weighted by Gasteiger charge is 2.04. The first-order chi connectivity index (χ1) is 14.1. The van der Waals surface area contributed by atoms with E-state index < -0.39 is 11.9 Å². The Morgan fingerprint density at radius 3 is 2.03 bits per heavy atom. The number of carbonyl (C=O) groups excluding carboxylic acids is 2. The van der Waals surface area contributed by atoms with E-state index in [2.05, 4.69) is 24.0 Å². The van der Waals surface area contributed by atoms with E-state index >= 15 is 0 Å². The van der Waals surface area contributed by atoms with Crippen molar-refractivity contribution in [2.45, 2.75) is 0 Å². The highest BCUT2D eigenvalue weighted by Crippen LogP contribution is 2.28. The van der Waals surface area contributed by atoms with Crippen molar-refractivity contribution in [3.05, 3.63) is 98.5 Å². The summed E-state index contributed by atoms with van der Waals surface area (Å²) in [5.74, 6) is 0.0390. The van der Waals surface area contributed by atoms with Crippen LogP contribution >= 0.6 is 0 Å². The zero-order valence-electron chi connectivity index (χ0n) is 15.5. The molecule has 0 saturated carbocycles. The molecule has 5 nitrogen and oxygen atoms in total. The van der Waals surface area contributed by atoms with Gasteiger partial charge in [0.1, 0.15) is 24.0 Å². The molecule has 0 aliphatic rings. The number of benzene rings is 3. The highest BCUT2D eigenvalue weighted by molar-refractivity contribution is 5.90. The van der Waals surface area contributed by atoms with Crippen molar-refractivity contribution >= 4 is 22.7 Å². The average Bonchev–Trinajstić information content (AvgIpc) is 2.76. The van der Waals surface area contributed by atoms with Crippen molar-refractivity contribution in [3.63, 3.8) is 0 Å². The molecular weight excluding hydrogens is 368 g/mol. The normalized spacial score (nSPS) is 10.5. The number of carbonyl (C=O) groups is 2. The zero-order chi connectivity index (χ0) is 20.6. The Bertz CT molecular complexity index is 1090. The van der Waals surface area contributed by atoms with Crippen LogP contribution in [0.15, 0.2) is 98.5 Å². The molecule has 0 aliphatic heterocycles. The van der Waals surface area contributed by atoms with Crippen molar-refractivity contribution in [1.82, 2.24) is 0 Å². The largest absolute Gasteiger partial charge is 0.462 e. The SMILES string of the molecule is C=CC(=O)OC=COc1ccc(-c2ccc3cc(OC(=O)C=C)ccc3c2)cc1. The van der Waals surface area contributed by atoms with Gasteiger partial charge in [0.2, 0.25) is 0 Å². The Labute approximate surface area is 168 Å². The number of esters is 2. The van der Waals surface area contributed by atoms with Crippen LogP contribution in [0.25, 0.3) is 21.9 Å². The Morgan fingerprint density at radius 2 is 1.31 bits per heavy atom. The van der Waals surface area contributed by atoms with Crippen molar-refractivity contribution in [3.8, 4) is 22.6 Å². The summed E-state index contributed by atoms with van der Waals surface area (Å²) in [6, 6.07) is 19.0. The fraction of sp³-hybridized carbons (Fsp3) is 0. The number of rotatable bonds is 7. The molecule has 0 unspecified atom stereocenters. The van der Waals surface area contributed by atoms with Crippen LogP contribution < -0.4 is 9.47 Å². The van der Waals surface area contributed by atoms with Crippen LogP contribution in [0.2, 0.25) is 0 Å². The van der Waals surface area contributed by atoms with Gasteiger partial charge in [-0.3, -0.25) is 0 Å². The summed E-state index contributed by atoms with van der Waals surface area (Å²) in [6.07, 6.45) is 4.63. The van der Waals surface area contributed by atoms with Gasteiger partial charge in [-0.2, -0.15) is 0 Å². The second-order valence-corrected chi connectivity index (χ2v) is 5.90. The predicted octanol–water partition coefficient (Wildman–Crippen LogP) is 5.18. The quantitative estimate of drug-likeness (QED) is 0.242. The summed E-state index contributed by atoms with van der Waals surface area (Å²) >= 11 is 0. The van der Waals surface area contributed by atoms with E-state index in [9.17, 15) is 9.59 Å². The second kappa shape index (κ2) is 9.19. The summed E-state index contributed by atoms with van der Waals surface area (Å²) in [6.45, 7) is 6.69. The van der Waals surface area contributed by atoms with Gasteiger partial charge in [0, 0.05) is 12.2 Å². The minimum atomic E-state index is -0.553. The third-order valence-corrected chi connectivity index (χ3v) is 4.00. The molecule has 0 bridgehead atoms. The van der Waals surface area contributed by atoms with Gasteiger partial charge in [0.25, 0.3) is 0 Å². The first-order valence-electron chi connectivity index (χ1n) is 8.72. The van der Waals surface area contributed by atoms with Crippen LogP contribution in [-0.2, 0) is 14.3 Å². The third kappa shape index (κ3) is 5.20. The van der Waals surface area contributed by atoms with E-state index in [1.807, 2.05) is 48.5 Å². The van der Waals surface area contributed by atoms with Crippen LogP contribution in [0.4, 0.5) is 0 Å². The lowest BCUT2D eigenvalue weighted by molar-refractivity contribution is -0.132. The van der Waals surface area contributed by atoms with E-state index in [0.717, 1.165) is 40.3 Å². The molecule has 144 valence electrons. The predicted molar refractivity (Wildman–Crippen MR) is 111 cm³/mol. The lowest BCUT2D eigenvalue weighted by atomic mass is 10.0. The molecule has 0 atom stereocenters. The molecule has 0 radical (unpaired) electrons. The van der Waals surface area contributed by atoms with Crippen molar-refractivity contribution in [2.75, 3.05) is 0 Å². The fourth-order valence-electron chi connectivity index (χ4n) is 2.60. The topological polar surface area (TPSA) is 61.8 Å². The number of fused-ring (bicyclic) bond motifs is 1. The molecule has 3 aromatic rings. The second-order valence-electron chi connectivity index (χ2n) is 5.90. The average molecular weight is 386 g/mol. The summed E-state index contributed by atoms with van der Waals surface area (Å²) in [7, 11) is 0. The monoisotopic (exact) mass is 386 g/mol. The van der Waals surface area contributed by atoms with Gasteiger partial charge in [-0.05, 0) is 52.2 Å². The number of ether oxygens (including phenoxy) is 3. The van der Waals surface area contributed by atoms with Gasteiger partial charge in [0.15, 0.2) is 0 Å². The first kappa shape index (κ1) is 19.6. The molecule has 0 aliphatic carbocycles. The van der Waals surface area contributed by atoms with E-state index in [4.69, 9.17) is 9.47 Å². The molecule has 0 spiro atoms. The summed E-state index contributed by atoms with van der Waals surface area (Å²) in [5, 5.41) is 1.98. The zero-order valence-corrected chi connectivity index (χ0v) is 15.5. The molecular formula is C24H18O5. The van der Waals surface area contributed by atoms with Gasteiger partial charge in [0.05, 0.1) is 0 Å². The summed E-state index contributed by atoms with van der Waals surface area (Å²) in [5.41, 5.74) is 2.05. The molecule has 3 aromatic carbocycles. The van der Waals surface area contributed by atoms with Crippen molar-refractivity contribution in [2.24, 2.45) is 0 Å². The van der Waals surface area contributed by atoms with E-state index in [1.165, 1.54) is 6.26 Å². The van der Waals surface area contributed by atoms with E-state index in [1.54, 1.807) is 6.07 Å². The molecule has 0 N–H and O–H groups in total. The lowest BCUT2D eigenvalue weighted by Crippen LogP contribution is -2.02. The fourth-order valence-corrected chi connectivity index (χ4v) is 2.60. The Morgan fingerprint density at radius 1 is 0.690 bits per heavy atom. The number of hydrogen-bond acceptors (Lipinski definition) is 5. The molecule has 0 saturated heterocycles. The van der Waals surface area contributed by atoms with Crippen LogP contribution in [-0.4, -0.2) is 11.9 Å². The molecule has 0 fully saturated rings. The Kier molecular flexibility index (Phi) is 6.22. The molecule has 0 amide bonds. The number of hydrogen-bond donors (Lipinski definition) is 0. The van der Waals surface area contributed by atoms with E-state index in [-0.39, 0.29) is 0 Å². The molecule has 5 heteroatoms. The summed E-state index contributed by atoms with van der Waals surface area (Å²) < 4.78 is 15.2. The van der Waals surface area contributed by atoms with Crippen LogP contribution in [0.3, 0.4) is 0 Å². The maximum absolute atomic E-state index is 11.3.